The van der Waals surface area contributed by atoms with Crippen molar-refractivity contribution in [3.05, 3.63) is 29.8 Å². The Morgan fingerprint density at radius 2 is 1.73 bits per heavy atom. The number of likely N-dealkylation sites (tertiary alicyclic amines) is 1. The smallest absolute Gasteiger partial charge is 0.254 e. The maximum Gasteiger partial charge on any atom is 0.254 e. The van der Waals surface area contributed by atoms with Crippen LogP contribution in [0.3, 0.4) is 0 Å². The second-order valence-corrected chi connectivity index (χ2v) is 6.64. The van der Waals surface area contributed by atoms with Crippen LogP contribution in [0.2, 0.25) is 0 Å². The highest BCUT2D eigenvalue weighted by Gasteiger charge is 2.38. The van der Waals surface area contributed by atoms with Crippen LogP contribution >= 0.6 is 0 Å². The first-order chi connectivity index (χ1) is 10.7. The van der Waals surface area contributed by atoms with Crippen molar-refractivity contribution in [2.75, 3.05) is 25.4 Å². The molecular weight excluding hydrogens is 274 g/mol. The van der Waals surface area contributed by atoms with Gasteiger partial charge in [0.15, 0.2) is 0 Å². The van der Waals surface area contributed by atoms with Gasteiger partial charge in [-0.15, -0.1) is 0 Å². The number of nitrogens with zero attached hydrogens (tertiary/aromatic N) is 2. The van der Waals surface area contributed by atoms with Crippen molar-refractivity contribution in [2.45, 2.75) is 51.1 Å². The zero-order chi connectivity index (χ0) is 15.5. The van der Waals surface area contributed by atoms with Crippen LogP contribution in [0.15, 0.2) is 24.3 Å². The van der Waals surface area contributed by atoms with Crippen molar-refractivity contribution >= 4 is 11.6 Å². The van der Waals surface area contributed by atoms with Crippen LogP contribution in [0, 0.1) is 0 Å². The topological polar surface area (TPSA) is 49.6 Å². The second-order valence-electron chi connectivity index (χ2n) is 6.64. The van der Waals surface area contributed by atoms with Gasteiger partial charge in [-0.25, -0.2) is 0 Å². The summed E-state index contributed by atoms with van der Waals surface area (Å²) < 4.78 is 0. The number of nitrogens with two attached hydrogens (primary N) is 1. The van der Waals surface area contributed by atoms with Gasteiger partial charge in [0.25, 0.3) is 5.91 Å². The first kappa shape index (κ1) is 15.3. The molecular formula is C18H27N3O. The largest absolute Gasteiger partial charge is 0.399 e. The number of piperidine rings is 1. The van der Waals surface area contributed by atoms with E-state index < -0.39 is 0 Å². The molecule has 2 fully saturated rings. The zero-order valence-electron chi connectivity index (χ0n) is 13.5. The SMILES string of the molecule is CCCN1CCC(N(C(=O)c2ccc(N)cc2)C2CC2)CC1. The van der Waals surface area contributed by atoms with E-state index in [0.717, 1.165) is 44.3 Å². The molecule has 0 bridgehead atoms. The third-order valence-corrected chi connectivity index (χ3v) is 4.82. The fourth-order valence-corrected chi connectivity index (χ4v) is 3.49. The lowest BCUT2D eigenvalue weighted by molar-refractivity contribution is 0.0550. The molecule has 1 heterocycles. The molecule has 3 rings (SSSR count). The number of nitrogen functional groups attached to an aromatic ring is 1. The van der Waals surface area contributed by atoms with Crippen LogP contribution < -0.4 is 5.73 Å². The lowest BCUT2D eigenvalue weighted by Gasteiger charge is -2.39. The van der Waals surface area contributed by atoms with Crippen molar-refractivity contribution in [3.63, 3.8) is 0 Å². The van der Waals surface area contributed by atoms with Crippen molar-refractivity contribution < 1.29 is 4.79 Å². The van der Waals surface area contributed by atoms with E-state index in [4.69, 9.17) is 5.73 Å². The molecule has 2 aliphatic rings. The lowest BCUT2D eigenvalue weighted by Crippen LogP contribution is -2.48. The van der Waals surface area contributed by atoms with Crippen LogP contribution in [0.5, 0.6) is 0 Å². The van der Waals surface area contributed by atoms with Crippen LogP contribution in [0.4, 0.5) is 5.69 Å². The lowest BCUT2D eigenvalue weighted by atomic mass is 10.0. The van der Waals surface area contributed by atoms with E-state index in [2.05, 4.69) is 16.7 Å². The van der Waals surface area contributed by atoms with Gasteiger partial charge in [0.2, 0.25) is 0 Å². The molecule has 1 saturated carbocycles. The average molecular weight is 301 g/mol. The number of anilines is 1. The summed E-state index contributed by atoms with van der Waals surface area (Å²) >= 11 is 0. The van der Waals surface area contributed by atoms with E-state index >= 15 is 0 Å². The van der Waals surface area contributed by atoms with Gasteiger partial charge in [-0.2, -0.15) is 0 Å². The highest BCUT2D eigenvalue weighted by Crippen LogP contribution is 2.33. The Balaban J connectivity index is 1.68. The van der Waals surface area contributed by atoms with Crippen molar-refractivity contribution in [3.8, 4) is 0 Å². The highest BCUT2D eigenvalue weighted by molar-refractivity contribution is 5.95. The first-order valence-electron chi connectivity index (χ1n) is 8.59. The Labute approximate surface area is 133 Å². The highest BCUT2D eigenvalue weighted by atomic mass is 16.2. The minimum absolute atomic E-state index is 0.191. The van der Waals surface area contributed by atoms with Gasteiger partial charge in [-0.05, 0) is 62.9 Å². The van der Waals surface area contributed by atoms with E-state index in [0.29, 0.717) is 17.8 Å². The molecule has 0 unspecified atom stereocenters. The normalized spacial score (nSPS) is 20.0. The van der Waals surface area contributed by atoms with Crippen molar-refractivity contribution in [2.24, 2.45) is 0 Å². The van der Waals surface area contributed by atoms with Crippen LogP contribution in [0.25, 0.3) is 0 Å². The standard InChI is InChI=1S/C18H27N3O/c1-2-11-20-12-9-17(10-13-20)21(16-7-8-16)18(22)14-3-5-15(19)6-4-14/h3-6,16-17H,2,7-13,19H2,1H3. The van der Waals surface area contributed by atoms with Gasteiger partial charge in [0, 0.05) is 36.4 Å². The van der Waals surface area contributed by atoms with E-state index in [1.807, 2.05) is 24.3 Å². The number of carbonyl (C=O) groups excluding carboxylic acids is 1. The van der Waals surface area contributed by atoms with Gasteiger partial charge in [-0.3, -0.25) is 4.79 Å². The summed E-state index contributed by atoms with van der Waals surface area (Å²) in [5, 5.41) is 0. The molecule has 0 radical (unpaired) electrons. The molecule has 2 N–H and O–H groups in total. The maximum atomic E-state index is 12.9. The number of benzene rings is 1. The Bertz CT molecular complexity index is 502. The summed E-state index contributed by atoms with van der Waals surface area (Å²) in [5.74, 6) is 0.191. The van der Waals surface area contributed by atoms with Gasteiger partial charge in [0.05, 0.1) is 0 Å². The summed E-state index contributed by atoms with van der Waals surface area (Å²) in [6.45, 7) is 5.66. The zero-order valence-corrected chi connectivity index (χ0v) is 13.5. The molecule has 4 nitrogen and oxygen atoms in total. The molecule has 120 valence electrons. The number of rotatable bonds is 5. The van der Waals surface area contributed by atoms with E-state index in [-0.39, 0.29) is 5.91 Å². The third kappa shape index (κ3) is 3.43. The molecule has 4 heteroatoms. The fourth-order valence-electron chi connectivity index (χ4n) is 3.49. The number of hydrogen-bond donors (Lipinski definition) is 1. The number of carbonyl (C=O) groups is 1. The van der Waals surface area contributed by atoms with Gasteiger partial charge >= 0.3 is 0 Å². The molecule has 1 aromatic rings. The monoisotopic (exact) mass is 301 g/mol. The average Bonchev–Trinajstić information content (AvgIpc) is 3.35. The summed E-state index contributed by atoms with van der Waals surface area (Å²) in [5.41, 5.74) is 7.22. The molecule has 0 atom stereocenters. The molecule has 0 spiro atoms. The second kappa shape index (κ2) is 6.69. The number of amides is 1. The Hall–Kier alpha value is -1.55. The van der Waals surface area contributed by atoms with Crippen LogP contribution in [0.1, 0.15) is 49.4 Å². The Morgan fingerprint density at radius 1 is 1.14 bits per heavy atom. The molecule has 1 aliphatic heterocycles. The minimum atomic E-state index is 0.191. The summed E-state index contributed by atoms with van der Waals surface area (Å²) in [4.78, 5) is 17.6. The third-order valence-electron chi connectivity index (χ3n) is 4.82. The van der Waals surface area contributed by atoms with Crippen molar-refractivity contribution in [1.29, 1.82) is 0 Å². The molecule has 1 saturated heterocycles. The number of hydrogen-bond acceptors (Lipinski definition) is 3. The molecule has 1 aliphatic carbocycles. The molecule has 1 amide bonds. The van der Waals surface area contributed by atoms with Gasteiger partial charge < -0.3 is 15.5 Å². The predicted octanol–water partition coefficient (Wildman–Crippen LogP) is 2.75. The Kier molecular flexibility index (Phi) is 4.67. The maximum absolute atomic E-state index is 12.9. The summed E-state index contributed by atoms with van der Waals surface area (Å²) in [6.07, 6.45) is 5.75. The molecule has 1 aromatic carbocycles. The van der Waals surface area contributed by atoms with Gasteiger partial charge in [0.1, 0.15) is 0 Å². The fraction of sp³-hybridized carbons (Fsp3) is 0.611. The summed E-state index contributed by atoms with van der Waals surface area (Å²) in [7, 11) is 0. The predicted molar refractivity (Wildman–Crippen MR) is 89.8 cm³/mol. The minimum Gasteiger partial charge on any atom is -0.399 e. The van der Waals surface area contributed by atoms with E-state index in [9.17, 15) is 4.79 Å². The Morgan fingerprint density at radius 3 is 2.27 bits per heavy atom. The van der Waals surface area contributed by atoms with E-state index in [1.165, 1.54) is 13.0 Å². The quantitative estimate of drug-likeness (QED) is 0.851. The summed E-state index contributed by atoms with van der Waals surface area (Å²) in [6, 6.07) is 8.24. The molecule has 0 aromatic heterocycles. The first-order valence-corrected chi connectivity index (χ1v) is 8.59. The van der Waals surface area contributed by atoms with Crippen molar-refractivity contribution in [1.82, 2.24) is 9.80 Å². The van der Waals surface area contributed by atoms with E-state index in [1.54, 1.807) is 0 Å². The van der Waals surface area contributed by atoms with Gasteiger partial charge in [-0.1, -0.05) is 6.92 Å². The van der Waals surface area contributed by atoms with Crippen LogP contribution in [-0.4, -0.2) is 47.4 Å². The molecule has 22 heavy (non-hydrogen) atoms. The van der Waals surface area contributed by atoms with Crippen LogP contribution in [-0.2, 0) is 0 Å².